The van der Waals surface area contributed by atoms with Gasteiger partial charge in [-0.25, -0.2) is 4.79 Å². The lowest BCUT2D eigenvalue weighted by Gasteiger charge is -2.22. The highest BCUT2D eigenvalue weighted by atomic mass is 32.2. The van der Waals surface area contributed by atoms with Crippen molar-refractivity contribution in [1.82, 2.24) is 25.4 Å². The topological polar surface area (TPSA) is 88.9 Å². The first-order valence-electron chi connectivity index (χ1n) is 7.18. The fraction of sp³-hybridized carbons (Fsp3) is 0.692. The molecule has 0 unspecified atom stereocenters. The van der Waals surface area contributed by atoms with Gasteiger partial charge in [0.1, 0.15) is 6.33 Å². The van der Waals surface area contributed by atoms with Crippen molar-refractivity contribution >= 4 is 23.7 Å². The van der Waals surface area contributed by atoms with Crippen LogP contribution >= 0.6 is 11.8 Å². The minimum atomic E-state index is -0.412. The SMILES string of the molecule is C[C@@H](Sc1nncn1C)C(=O)NC(=O)NC1CCCCC1. The van der Waals surface area contributed by atoms with Crippen molar-refractivity contribution in [2.45, 2.75) is 55.5 Å². The number of urea groups is 1. The molecule has 1 aromatic heterocycles. The molecule has 1 heterocycles. The average Bonchev–Trinajstić information content (AvgIpc) is 2.85. The molecular formula is C13H21N5O2S. The number of nitrogens with zero attached hydrogens (tertiary/aromatic N) is 3. The van der Waals surface area contributed by atoms with Gasteiger partial charge in [-0.3, -0.25) is 10.1 Å². The summed E-state index contributed by atoms with van der Waals surface area (Å²) in [5.41, 5.74) is 0. The van der Waals surface area contributed by atoms with Gasteiger partial charge in [0.15, 0.2) is 5.16 Å². The number of carbonyl (C=O) groups excluding carboxylic acids is 2. The van der Waals surface area contributed by atoms with Crippen LogP contribution in [-0.2, 0) is 11.8 Å². The molecule has 1 atom stereocenters. The maximum absolute atomic E-state index is 12.0. The molecule has 0 spiro atoms. The van der Waals surface area contributed by atoms with Crippen LogP contribution in [0, 0.1) is 0 Å². The Labute approximate surface area is 128 Å². The summed E-state index contributed by atoms with van der Waals surface area (Å²) in [5, 5.41) is 13.1. The van der Waals surface area contributed by atoms with Crippen molar-refractivity contribution in [3.63, 3.8) is 0 Å². The Morgan fingerprint density at radius 1 is 1.38 bits per heavy atom. The van der Waals surface area contributed by atoms with Crippen LogP contribution in [0.4, 0.5) is 4.79 Å². The van der Waals surface area contributed by atoms with Gasteiger partial charge in [0, 0.05) is 13.1 Å². The normalized spacial score (nSPS) is 17.2. The van der Waals surface area contributed by atoms with Crippen LogP contribution in [0.15, 0.2) is 11.5 Å². The van der Waals surface area contributed by atoms with Gasteiger partial charge in [0.25, 0.3) is 0 Å². The van der Waals surface area contributed by atoms with Crippen LogP contribution in [-0.4, -0.2) is 38.0 Å². The predicted octanol–water partition coefficient (Wildman–Crippen LogP) is 1.45. The monoisotopic (exact) mass is 311 g/mol. The van der Waals surface area contributed by atoms with Gasteiger partial charge in [-0.15, -0.1) is 10.2 Å². The van der Waals surface area contributed by atoms with Crippen molar-refractivity contribution < 1.29 is 9.59 Å². The summed E-state index contributed by atoms with van der Waals surface area (Å²) >= 11 is 1.27. The molecule has 1 aliphatic carbocycles. The minimum absolute atomic E-state index is 0.188. The number of amides is 3. The van der Waals surface area contributed by atoms with E-state index in [4.69, 9.17) is 0 Å². The zero-order chi connectivity index (χ0) is 15.2. The van der Waals surface area contributed by atoms with Gasteiger partial charge in [0.2, 0.25) is 5.91 Å². The molecule has 0 saturated heterocycles. The van der Waals surface area contributed by atoms with E-state index in [2.05, 4.69) is 20.8 Å². The van der Waals surface area contributed by atoms with Gasteiger partial charge in [-0.05, 0) is 19.8 Å². The molecule has 0 bridgehead atoms. The number of hydrogen-bond donors (Lipinski definition) is 2. The van der Waals surface area contributed by atoms with Crippen molar-refractivity contribution in [2.24, 2.45) is 7.05 Å². The molecule has 1 aromatic rings. The van der Waals surface area contributed by atoms with Gasteiger partial charge in [-0.1, -0.05) is 31.0 Å². The molecular weight excluding hydrogens is 290 g/mol. The van der Waals surface area contributed by atoms with Gasteiger partial charge in [-0.2, -0.15) is 0 Å². The zero-order valence-corrected chi connectivity index (χ0v) is 13.2. The Bertz CT molecular complexity index is 499. The Morgan fingerprint density at radius 2 is 2.10 bits per heavy atom. The van der Waals surface area contributed by atoms with Crippen LogP contribution in [0.1, 0.15) is 39.0 Å². The number of nitrogens with one attached hydrogen (secondary N) is 2. The van der Waals surface area contributed by atoms with Crippen LogP contribution in [0.2, 0.25) is 0 Å². The third-order valence-corrected chi connectivity index (χ3v) is 4.65. The fourth-order valence-corrected chi connectivity index (χ4v) is 3.06. The molecule has 0 aliphatic heterocycles. The number of thioether (sulfide) groups is 1. The quantitative estimate of drug-likeness (QED) is 0.822. The second-order valence-electron chi connectivity index (χ2n) is 5.28. The summed E-state index contributed by atoms with van der Waals surface area (Å²) in [6.45, 7) is 1.74. The number of aryl methyl sites for hydroxylation is 1. The van der Waals surface area contributed by atoms with E-state index in [1.807, 2.05) is 7.05 Å². The highest BCUT2D eigenvalue weighted by molar-refractivity contribution is 8.00. The third-order valence-electron chi connectivity index (χ3n) is 3.50. The molecule has 7 nitrogen and oxygen atoms in total. The van der Waals surface area contributed by atoms with Gasteiger partial charge in [0.05, 0.1) is 5.25 Å². The lowest BCUT2D eigenvalue weighted by molar-refractivity contribution is -0.119. The second kappa shape index (κ2) is 7.44. The summed E-state index contributed by atoms with van der Waals surface area (Å²) in [6.07, 6.45) is 7.05. The smallest absolute Gasteiger partial charge is 0.321 e. The van der Waals surface area contributed by atoms with Gasteiger partial charge >= 0.3 is 6.03 Å². The lowest BCUT2D eigenvalue weighted by atomic mass is 9.96. The Hall–Kier alpha value is -1.57. The van der Waals surface area contributed by atoms with E-state index >= 15 is 0 Å². The molecule has 1 fully saturated rings. The van der Waals surface area contributed by atoms with Crippen molar-refractivity contribution in [3.8, 4) is 0 Å². The number of hydrogen-bond acceptors (Lipinski definition) is 5. The predicted molar refractivity (Wildman–Crippen MR) is 79.9 cm³/mol. The van der Waals surface area contributed by atoms with E-state index in [0.29, 0.717) is 5.16 Å². The van der Waals surface area contributed by atoms with E-state index in [9.17, 15) is 9.59 Å². The van der Waals surface area contributed by atoms with Crippen LogP contribution in [0.25, 0.3) is 0 Å². The molecule has 3 amide bonds. The van der Waals surface area contributed by atoms with E-state index < -0.39 is 11.3 Å². The van der Waals surface area contributed by atoms with E-state index in [1.54, 1.807) is 17.8 Å². The number of carbonyl (C=O) groups is 2. The van der Waals surface area contributed by atoms with Crippen molar-refractivity contribution in [1.29, 1.82) is 0 Å². The lowest BCUT2D eigenvalue weighted by Crippen LogP contribution is -2.47. The molecule has 1 aliphatic rings. The summed E-state index contributed by atoms with van der Waals surface area (Å²) < 4.78 is 1.73. The molecule has 1 saturated carbocycles. The Balaban J connectivity index is 1.77. The summed E-state index contributed by atoms with van der Waals surface area (Å²) in [6, 6.07) is -0.217. The average molecular weight is 311 g/mol. The number of rotatable bonds is 4. The molecule has 21 heavy (non-hydrogen) atoms. The van der Waals surface area contributed by atoms with Gasteiger partial charge < -0.3 is 9.88 Å². The molecule has 8 heteroatoms. The molecule has 0 aromatic carbocycles. The number of aromatic nitrogens is 3. The van der Waals surface area contributed by atoms with Crippen LogP contribution in [0.3, 0.4) is 0 Å². The minimum Gasteiger partial charge on any atom is -0.335 e. The highest BCUT2D eigenvalue weighted by Gasteiger charge is 2.21. The molecule has 2 rings (SSSR count). The maximum Gasteiger partial charge on any atom is 0.321 e. The van der Waals surface area contributed by atoms with E-state index in [0.717, 1.165) is 25.7 Å². The molecule has 116 valence electrons. The fourth-order valence-electron chi connectivity index (χ4n) is 2.27. The van der Waals surface area contributed by atoms with Crippen molar-refractivity contribution in [3.05, 3.63) is 6.33 Å². The first-order chi connectivity index (χ1) is 10.1. The molecule has 0 radical (unpaired) electrons. The second-order valence-corrected chi connectivity index (χ2v) is 6.59. The Kier molecular flexibility index (Phi) is 5.60. The zero-order valence-electron chi connectivity index (χ0n) is 12.3. The standard InChI is InChI=1S/C13H21N5O2S/c1-9(21-13-17-14-8-18(13)2)11(19)16-12(20)15-10-6-4-3-5-7-10/h8-10H,3-7H2,1-2H3,(H2,15,16,19,20)/t9-/m1/s1. The third kappa shape index (κ3) is 4.73. The summed E-state index contributed by atoms with van der Waals surface area (Å²) in [7, 11) is 1.81. The maximum atomic E-state index is 12.0. The van der Waals surface area contributed by atoms with Crippen LogP contribution < -0.4 is 10.6 Å². The van der Waals surface area contributed by atoms with E-state index in [-0.39, 0.29) is 11.9 Å². The largest absolute Gasteiger partial charge is 0.335 e. The van der Waals surface area contributed by atoms with E-state index in [1.165, 1.54) is 18.2 Å². The highest BCUT2D eigenvalue weighted by Crippen LogP contribution is 2.20. The van der Waals surface area contributed by atoms with Crippen molar-refractivity contribution in [2.75, 3.05) is 0 Å². The molecule has 2 N–H and O–H groups in total. The first kappa shape index (κ1) is 15.8. The van der Waals surface area contributed by atoms with Crippen LogP contribution in [0.5, 0.6) is 0 Å². The summed E-state index contributed by atoms with van der Waals surface area (Å²) in [4.78, 5) is 23.8. The Morgan fingerprint density at radius 3 is 2.71 bits per heavy atom. The number of imide groups is 1. The first-order valence-corrected chi connectivity index (χ1v) is 8.06. The summed E-state index contributed by atoms with van der Waals surface area (Å²) in [5.74, 6) is -0.323.